The Bertz CT molecular complexity index is 1040. The number of oxazole rings is 1. The summed E-state index contributed by atoms with van der Waals surface area (Å²) in [5, 5.41) is 9.40. The molecule has 1 saturated heterocycles. The average Bonchev–Trinajstić information content (AvgIpc) is 3.47. The smallest absolute Gasteiger partial charge is 0.309 e. The molecule has 1 aliphatic heterocycles. The molecule has 8 nitrogen and oxygen atoms in total. The minimum Gasteiger partial charge on any atom is -0.497 e. The number of ether oxygens (including phenoxy) is 2. The number of hydrogen-bond acceptors (Lipinski definition) is 8. The van der Waals surface area contributed by atoms with Gasteiger partial charge in [0.25, 0.3) is 5.89 Å². The lowest BCUT2D eigenvalue weighted by molar-refractivity contribution is -0.150. The molecular weight excluding hydrogens is 386 g/mol. The zero-order chi connectivity index (χ0) is 20.9. The maximum absolute atomic E-state index is 12.5. The van der Waals surface area contributed by atoms with Crippen molar-refractivity contribution < 1.29 is 23.1 Å². The van der Waals surface area contributed by atoms with Crippen LogP contribution < -0.4 is 9.64 Å². The number of hydrogen-bond donors (Lipinski definition) is 0. The van der Waals surface area contributed by atoms with Gasteiger partial charge in [0.1, 0.15) is 18.4 Å². The number of methoxy groups -OCH3 is 1. The van der Waals surface area contributed by atoms with Gasteiger partial charge in [-0.15, -0.1) is 0 Å². The summed E-state index contributed by atoms with van der Waals surface area (Å²) in [4.78, 5) is 18.6. The summed E-state index contributed by atoms with van der Waals surface area (Å²) in [6, 6.07) is 13.0. The summed E-state index contributed by atoms with van der Waals surface area (Å²) >= 11 is 0. The van der Waals surface area contributed by atoms with Crippen molar-refractivity contribution in [1.82, 2.24) is 4.98 Å². The predicted octanol–water partition coefficient (Wildman–Crippen LogP) is 3.77. The molecule has 0 amide bonds. The van der Waals surface area contributed by atoms with E-state index in [0.29, 0.717) is 37.6 Å². The van der Waals surface area contributed by atoms with Crippen molar-refractivity contribution in [2.45, 2.75) is 19.4 Å². The van der Waals surface area contributed by atoms with Crippen LogP contribution in [0.2, 0.25) is 0 Å². The Hall–Kier alpha value is -3.73. The quantitative estimate of drug-likeness (QED) is 0.569. The first-order valence-corrected chi connectivity index (χ1v) is 9.67. The first kappa shape index (κ1) is 19.6. The Labute approximate surface area is 173 Å². The fourth-order valence-electron chi connectivity index (χ4n) is 3.46. The normalized spacial score (nSPS) is 14.3. The van der Waals surface area contributed by atoms with Crippen LogP contribution in [-0.4, -0.2) is 31.2 Å². The van der Waals surface area contributed by atoms with E-state index in [9.17, 15) is 10.1 Å². The minimum atomic E-state index is -0.216. The molecule has 1 fully saturated rings. The van der Waals surface area contributed by atoms with Crippen molar-refractivity contribution in [3.8, 4) is 23.5 Å². The van der Waals surface area contributed by atoms with Gasteiger partial charge in [0.05, 0.1) is 19.3 Å². The van der Waals surface area contributed by atoms with E-state index in [4.69, 9.17) is 18.3 Å². The maximum atomic E-state index is 12.5. The van der Waals surface area contributed by atoms with Gasteiger partial charge >= 0.3 is 5.97 Å². The standard InChI is InChI=1S/C22H21N3O5/c1-27-17-5-2-4-15(12-17)14-29-22(26)16-7-9-25(10-8-16)21-18(13-23)24-20(30-21)19-6-3-11-28-19/h2-6,11-12,16H,7-10,14H2,1H3. The van der Waals surface area contributed by atoms with Gasteiger partial charge in [-0.1, -0.05) is 12.1 Å². The summed E-state index contributed by atoms with van der Waals surface area (Å²) < 4.78 is 21.8. The minimum absolute atomic E-state index is 0.190. The predicted molar refractivity (Wildman–Crippen MR) is 107 cm³/mol. The number of anilines is 1. The van der Waals surface area contributed by atoms with Crippen LogP contribution in [0.5, 0.6) is 5.75 Å². The molecule has 3 heterocycles. The van der Waals surface area contributed by atoms with Gasteiger partial charge in [-0.05, 0) is 42.7 Å². The lowest BCUT2D eigenvalue weighted by atomic mass is 9.97. The molecule has 2 aromatic heterocycles. The Morgan fingerprint density at radius 1 is 1.30 bits per heavy atom. The Morgan fingerprint density at radius 3 is 2.83 bits per heavy atom. The monoisotopic (exact) mass is 407 g/mol. The third-order valence-corrected chi connectivity index (χ3v) is 5.08. The molecule has 0 bridgehead atoms. The molecule has 0 aliphatic carbocycles. The number of nitrogens with zero attached hydrogens (tertiary/aromatic N) is 3. The largest absolute Gasteiger partial charge is 0.497 e. The van der Waals surface area contributed by atoms with Crippen LogP contribution >= 0.6 is 0 Å². The van der Waals surface area contributed by atoms with E-state index in [0.717, 1.165) is 11.3 Å². The van der Waals surface area contributed by atoms with Crippen LogP contribution in [-0.2, 0) is 16.1 Å². The zero-order valence-corrected chi connectivity index (χ0v) is 16.5. The van der Waals surface area contributed by atoms with Crippen LogP contribution in [0.4, 0.5) is 5.88 Å². The fourth-order valence-corrected chi connectivity index (χ4v) is 3.46. The van der Waals surface area contributed by atoms with Crippen LogP contribution in [0.15, 0.2) is 51.5 Å². The molecule has 0 saturated carbocycles. The fraction of sp³-hybridized carbons (Fsp3) is 0.318. The van der Waals surface area contributed by atoms with Crippen molar-refractivity contribution in [1.29, 1.82) is 5.26 Å². The summed E-state index contributed by atoms with van der Waals surface area (Å²) in [7, 11) is 1.60. The highest BCUT2D eigenvalue weighted by molar-refractivity contribution is 5.73. The van der Waals surface area contributed by atoms with Gasteiger partial charge in [0.2, 0.25) is 11.6 Å². The molecular formula is C22H21N3O5. The third kappa shape index (κ3) is 4.15. The van der Waals surface area contributed by atoms with Crippen molar-refractivity contribution in [2.24, 2.45) is 5.92 Å². The first-order chi connectivity index (χ1) is 14.7. The Morgan fingerprint density at radius 2 is 2.13 bits per heavy atom. The van der Waals surface area contributed by atoms with Crippen molar-refractivity contribution >= 4 is 11.9 Å². The molecule has 3 aromatic rings. The highest BCUT2D eigenvalue weighted by Crippen LogP contribution is 2.31. The van der Waals surface area contributed by atoms with Crippen molar-refractivity contribution in [2.75, 3.05) is 25.1 Å². The second-order valence-corrected chi connectivity index (χ2v) is 6.98. The molecule has 0 spiro atoms. The highest BCUT2D eigenvalue weighted by atomic mass is 16.5. The second-order valence-electron chi connectivity index (χ2n) is 6.98. The summed E-state index contributed by atoms with van der Waals surface area (Å²) in [5.74, 6) is 1.47. The van der Waals surface area contributed by atoms with E-state index >= 15 is 0 Å². The topological polar surface area (TPSA) is 102 Å². The van der Waals surface area contributed by atoms with E-state index in [1.165, 1.54) is 6.26 Å². The Balaban J connectivity index is 1.34. The molecule has 154 valence electrons. The van der Waals surface area contributed by atoms with E-state index in [1.807, 2.05) is 29.2 Å². The van der Waals surface area contributed by atoms with Crippen LogP contribution in [0.25, 0.3) is 11.7 Å². The first-order valence-electron chi connectivity index (χ1n) is 9.67. The van der Waals surface area contributed by atoms with Gasteiger partial charge < -0.3 is 23.2 Å². The van der Waals surface area contributed by atoms with Gasteiger partial charge in [0, 0.05) is 13.1 Å². The number of nitriles is 1. The Kier molecular flexibility index (Phi) is 5.70. The third-order valence-electron chi connectivity index (χ3n) is 5.08. The molecule has 1 aliphatic rings. The number of piperidine rings is 1. The van der Waals surface area contributed by atoms with Gasteiger partial charge in [-0.3, -0.25) is 4.79 Å². The lowest BCUT2D eigenvalue weighted by Crippen LogP contribution is -2.37. The number of esters is 1. The number of aromatic nitrogens is 1. The number of carbonyl (C=O) groups excluding carboxylic acids is 1. The van der Waals surface area contributed by atoms with Crippen LogP contribution in [0, 0.1) is 17.2 Å². The molecule has 0 radical (unpaired) electrons. The van der Waals surface area contributed by atoms with Gasteiger partial charge in [-0.25, -0.2) is 0 Å². The molecule has 4 rings (SSSR count). The number of benzene rings is 1. The van der Waals surface area contributed by atoms with Gasteiger partial charge in [-0.2, -0.15) is 10.2 Å². The summed E-state index contributed by atoms with van der Waals surface area (Å²) in [6.45, 7) is 1.35. The lowest BCUT2D eigenvalue weighted by Gasteiger charge is -2.30. The van der Waals surface area contributed by atoms with E-state index in [-0.39, 0.29) is 30.1 Å². The van der Waals surface area contributed by atoms with Crippen molar-refractivity contribution in [3.63, 3.8) is 0 Å². The number of carbonyl (C=O) groups is 1. The van der Waals surface area contributed by atoms with E-state index in [1.54, 1.807) is 19.2 Å². The molecule has 1 aromatic carbocycles. The average molecular weight is 407 g/mol. The van der Waals surface area contributed by atoms with E-state index in [2.05, 4.69) is 11.1 Å². The molecule has 30 heavy (non-hydrogen) atoms. The summed E-state index contributed by atoms with van der Waals surface area (Å²) in [5.41, 5.74) is 1.09. The second kappa shape index (κ2) is 8.74. The summed E-state index contributed by atoms with van der Waals surface area (Å²) in [6.07, 6.45) is 2.74. The van der Waals surface area contributed by atoms with Crippen LogP contribution in [0.1, 0.15) is 24.1 Å². The van der Waals surface area contributed by atoms with E-state index < -0.39 is 0 Å². The van der Waals surface area contributed by atoms with Crippen molar-refractivity contribution in [3.05, 3.63) is 53.9 Å². The zero-order valence-electron chi connectivity index (χ0n) is 16.5. The van der Waals surface area contributed by atoms with Gasteiger partial charge in [0.15, 0.2) is 5.76 Å². The number of rotatable bonds is 6. The maximum Gasteiger partial charge on any atom is 0.309 e. The molecule has 0 N–H and O–H groups in total. The molecule has 0 atom stereocenters. The molecule has 8 heteroatoms. The molecule has 0 unspecified atom stereocenters. The van der Waals surface area contributed by atoms with Crippen LogP contribution in [0.3, 0.4) is 0 Å². The SMILES string of the molecule is COc1cccc(COC(=O)C2CCN(c3oc(-c4ccco4)nc3C#N)CC2)c1. The highest BCUT2D eigenvalue weighted by Gasteiger charge is 2.30. The number of furan rings is 1.